The summed E-state index contributed by atoms with van der Waals surface area (Å²) >= 11 is 0. The van der Waals surface area contributed by atoms with Gasteiger partial charge in [0.15, 0.2) is 0 Å². The van der Waals surface area contributed by atoms with Crippen LogP contribution in [-0.2, 0) is 9.47 Å². The Morgan fingerprint density at radius 3 is 3.00 bits per heavy atom. The molecule has 2 aliphatic rings. The average Bonchev–Trinajstić information content (AvgIpc) is 2.54. The number of rotatable bonds is 2. The smallest absolute Gasteiger partial charge is 0.0940 e. The minimum atomic E-state index is 0.0675. The Bertz CT molecular complexity index is 164. The summed E-state index contributed by atoms with van der Waals surface area (Å²) in [5.74, 6) is 0. The minimum absolute atomic E-state index is 0.0675. The largest absolute Gasteiger partial charge is 0.378 e. The van der Waals surface area contributed by atoms with Gasteiger partial charge in [0, 0.05) is 13.0 Å². The third-order valence-corrected chi connectivity index (χ3v) is 3.13. The van der Waals surface area contributed by atoms with Crippen LogP contribution >= 0.6 is 0 Å². The van der Waals surface area contributed by atoms with Crippen molar-refractivity contribution in [2.24, 2.45) is 5.73 Å². The summed E-state index contributed by atoms with van der Waals surface area (Å²) in [4.78, 5) is 0. The first-order valence-electron chi connectivity index (χ1n) is 5.30. The molecule has 0 radical (unpaired) electrons. The SMILES string of the molecule is NCCC1CCCC2(CCOC2)O1. The molecule has 2 aliphatic heterocycles. The quantitative estimate of drug-likeness (QED) is 0.699. The molecular weight excluding hydrogens is 166 g/mol. The van der Waals surface area contributed by atoms with Crippen LogP contribution in [0.4, 0.5) is 0 Å². The molecule has 2 heterocycles. The molecule has 0 aliphatic carbocycles. The van der Waals surface area contributed by atoms with E-state index in [9.17, 15) is 0 Å². The summed E-state index contributed by atoms with van der Waals surface area (Å²) in [6, 6.07) is 0. The fourth-order valence-electron chi connectivity index (χ4n) is 2.39. The van der Waals surface area contributed by atoms with Gasteiger partial charge in [0.05, 0.1) is 18.3 Å². The molecule has 1 spiro atoms. The molecule has 0 saturated carbocycles. The van der Waals surface area contributed by atoms with E-state index in [1.807, 2.05) is 0 Å². The van der Waals surface area contributed by atoms with E-state index in [1.165, 1.54) is 19.3 Å². The van der Waals surface area contributed by atoms with Crippen LogP contribution in [0.3, 0.4) is 0 Å². The van der Waals surface area contributed by atoms with Gasteiger partial charge in [-0.15, -0.1) is 0 Å². The lowest BCUT2D eigenvalue weighted by Crippen LogP contribution is -2.41. The maximum absolute atomic E-state index is 6.07. The first-order valence-corrected chi connectivity index (χ1v) is 5.30. The highest BCUT2D eigenvalue weighted by atomic mass is 16.6. The van der Waals surface area contributed by atoms with Gasteiger partial charge in [-0.2, -0.15) is 0 Å². The third-order valence-electron chi connectivity index (χ3n) is 3.13. The van der Waals surface area contributed by atoms with Crippen LogP contribution in [0.25, 0.3) is 0 Å². The van der Waals surface area contributed by atoms with Crippen LogP contribution in [0.15, 0.2) is 0 Å². The molecule has 2 atom stereocenters. The van der Waals surface area contributed by atoms with Crippen molar-refractivity contribution in [2.45, 2.75) is 43.8 Å². The van der Waals surface area contributed by atoms with Gasteiger partial charge in [-0.3, -0.25) is 0 Å². The Labute approximate surface area is 79.6 Å². The van der Waals surface area contributed by atoms with E-state index >= 15 is 0 Å². The van der Waals surface area contributed by atoms with Crippen LogP contribution < -0.4 is 5.73 Å². The second-order valence-corrected chi connectivity index (χ2v) is 4.20. The van der Waals surface area contributed by atoms with Gasteiger partial charge in [-0.05, 0) is 32.2 Å². The standard InChI is InChI=1S/C10H19NO2/c11-6-3-9-2-1-4-10(13-9)5-7-12-8-10/h9H,1-8,11H2. The van der Waals surface area contributed by atoms with Gasteiger partial charge < -0.3 is 15.2 Å². The maximum Gasteiger partial charge on any atom is 0.0940 e. The first kappa shape index (κ1) is 9.44. The van der Waals surface area contributed by atoms with Crippen molar-refractivity contribution in [3.05, 3.63) is 0 Å². The van der Waals surface area contributed by atoms with Gasteiger partial charge in [0.2, 0.25) is 0 Å². The molecule has 2 rings (SSSR count). The highest BCUT2D eigenvalue weighted by molar-refractivity contribution is 4.89. The molecule has 2 N–H and O–H groups in total. The van der Waals surface area contributed by atoms with Crippen molar-refractivity contribution >= 4 is 0 Å². The molecule has 2 unspecified atom stereocenters. The van der Waals surface area contributed by atoms with E-state index in [1.54, 1.807) is 0 Å². The zero-order chi connectivity index (χ0) is 9.15. The predicted molar refractivity (Wildman–Crippen MR) is 50.6 cm³/mol. The topological polar surface area (TPSA) is 44.5 Å². The number of hydrogen-bond donors (Lipinski definition) is 1. The Morgan fingerprint density at radius 2 is 2.31 bits per heavy atom. The highest BCUT2D eigenvalue weighted by Gasteiger charge is 2.40. The van der Waals surface area contributed by atoms with Crippen LogP contribution in [0.1, 0.15) is 32.1 Å². The Kier molecular flexibility index (Phi) is 2.86. The number of nitrogens with two attached hydrogens (primary N) is 1. The summed E-state index contributed by atoms with van der Waals surface area (Å²) in [6.45, 7) is 2.41. The maximum atomic E-state index is 6.07. The van der Waals surface area contributed by atoms with Crippen molar-refractivity contribution in [2.75, 3.05) is 19.8 Å². The van der Waals surface area contributed by atoms with E-state index < -0.39 is 0 Å². The average molecular weight is 185 g/mol. The molecule has 2 fully saturated rings. The lowest BCUT2D eigenvalue weighted by Gasteiger charge is -2.37. The van der Waals surface area contributed by atoms with Crippen LogP contribution in [-0.4, -0.2) is 31.5 Å². The lowest BCUT2D eigenvalue weighted by atomic mass is 9.90. The Hall–Kier alpha value is -0.120. The predicted octanol–water partition coefficient (Wildman–Crippen LogP) is 1.06. The van der Waals surface area contributed by atoms with Gasteiger partial charge in [-0.25, -0.2) is 0 Å². The molecule has 0 amide bonds. The minimum Gasteiger partial charge on any atom is -0.378 e. The number of hydrogen-bond acceptors (Lipinski definition) is 3. The second-order valence-electron chi connectivity index (χ2n) is 4.20. The summed E-state index contributed by atoms with van der Waals surface area (Å²) in [5.41, 5.74) is 5.60. The highest BCUT2D eigenvalue weighted by Crippen LogP contribution is 2.35. The van der Waals surface area contributed by atoms with Gasteiger partial charge in [-0.1, -0.05) is 0 Å². The van der Waals surface area contributed by atoms with Crippen molar-refractivity contribution in [1.82, 2.24) is 0 Å². The zero-order valence-electron chi connectivity index (χ0n) is 8.13. The fourth-order valence-corrected chi connectivity index (χ4v) is 2.39. The van der Waals surface area contributed by atoms with Gasteiger partial charge in [0.25, 0.3) is 0 Å². The Morgan fingerprint density at radius 1 is 1.38 bits per heavy atom. The molecule has 0 aromatic carbocycles. The van der Waals surface area contributed by atoms with E-state index in [4.69, 9.17) is 15.2 Å². The first-order chi connectivity index (χ1) is 6.35. The van der Waals surface area contributed by atoms with Gasteiger partial charge in [0.1, 0.15) is 0 Å². The molecular formula is C10H19NO2. The molecule has 0 aromatic rings. The lowest BCUT2D eigenvalue weighted by molar-refractivity contribution is -0.129. The summed E-state index contributed by atoms with van der Waals surface area (Å²) < 4.78 is 11.5. The fraction of sp³-hybridized carbons (Fsp3) is 1.00. The van der Waals surface area contributed by atoms with Crippen LogP contribution in [0, 0.1) is 0 Å². The summed E-state index contributed by atoms with van der Waals surface area (Å²) in [7, 11) is 0. The van der Waals surface area contributed by atoms with E-state index in [-0.39, 0.29) is 5.60 Å². The molecule has 0 bridgehead atoms. The summed E-state index contributed by atoms with van der Waals surface area (Å²) in [6.07, 6.45) is 6.09. The van der Waals surface area contributed by atoms with E-state index in [0.29, 0.717) is 6.10 Å². The molecule has 0 aromatic heterocycles. The van der Waals surface area contributed by atoms with Crippen molar-refractivity contribution in [3.8, 4) is 0 Å². The number of ether oxygens (including phenoxy) is 2. The van der Waals surface area contributed by atoms with Gasteiger partial charge >= 0.3 is 0 Å². The molecule has 76 valence electrons. The normalized spacial score (nSPS) is 39.9. The third kappa shape index (κ3) is 2.03. The van der Waals surface area contributed by atoms with Crippen LogP contribution in [0.2, 0.25) is 0 Å². The van der Waals surface area contributed by atoms with E-state index in [0.717, 1.165) is 32.6 Å². The molecule has 13 heavy (non-hydrogen) atoms. The van der Waals surface area contributed by atoms with Crippen molar-refractivity contribution in [3.63, 3.8) is 0 Å². The molecule has 3 nitrogen and oxygen atoms in total. The van der Waals surface area contributed by atoms with E-state index in [2.05, 4.69) is 0 Å². The Balaban J connectivity index is 1.90. The van der Waals surface area contributed by atoms with Crippen LogP contribution in [0.5, 0.6) is 0 Å². The van der Waals surface area contributed by atoms with Crippen molar-refractivity contribution in [1.29, 1.82) is 0 Å². The summed E-state index contributed by atoms with van der Waals surface area (Å²) in [5, 5.41) is 0. The second kappa shape index (κ2) is 3.95. The van der Waals surface area contributed by atoms with Crippen molar-refractivity contribution < 1.29 is 9.47 Å². The monoisotopic (exact) mass is 185 g/mol. The zero-order valence-corrected chi connectivity index (χ0v) is 8.13. The molecule has 2 saturated heterocycles. The molecule has 3 heteroatoms.